The monoisotopic (exact) mass is 493 g/mol. The van der Waals surface area contributed by atoms with Gasteiger partial charge in [-0.2, -0.15) is 4.99 Å². The Bertz CT molecular complexity index is 1580. The van der Waals surface area contributed by atoms with Crippen LogP contribution in [0.25, 0.3) is 17.4 Å². The van der Waals surface area contributed by atoms with Crippen molar-refractivity contribution in [2.75, 3.05) is 11.2 Å². The molecule has 9 nitrogen and oxygen atoms in total. The second kappa shape index (κ2) is 7.82. The number of fused-ring (bicyclic) bond motifs is 3. The molecule has 0 fully saturated rings. The minimum Gasteiger partial charge on any atom is -0.478 e. The van der Waals surface area contributed by atoms with Gasteiger partial charge in [0.1, 0.15) is 17.4 Å². The average Bonchev–Trinajstić information content (AvgIpc) is 3.40. The molecule has 0 radical (unpaired) electrons. The molecule has 3 aromatic rings. The Hall–Kier alpha value is -3.96. The molecule has 11 heteroatoms. The number of anilines is 1. The summed E-state index contributed by atoms with van der Waals surface area (Å²) in [6.07, 6.45) is 2.52. The molecular formula is C23H15N3O6S2. The van der Waals surface area contributed by atoms with E-state index < -0.39 is 21.7 Å². The molecule has 0 bridgehead atoms. The Labute approximate surface area is 197 Å². The third-order valence-corrected chi connectivity index (χ3v) is 7.32. The summed E-state index contributed by atoms with van der Waals surface area (Å²) in [5.41, 5.74) is 1.24. The normalized spacial score (nSPS) is 16.4. The van der Waals surface area contributed by atoms with Crippen LogP contribution in [0, 0.1) is 5.41 Å². The van der Waals surface area contributed by atoms with Crippen LogP contribution in [0.4, 0.5) is 5.69 Å². The zero-order valence-electron chi connectivity index (χ0n) is 17.5. The molecule has 2 aromatic carbocycles. The Morgan fingerprint density at radius 3 is 2.71 bits per heavy atom. The molecule has 170 valence electrons. The molecule has 2 aliphatic rings. The molecule has 0 saturated carbocycles. The minimum atomic E-state index is -3.41. The van der Waals surface area contributed by atoms with Crippen LogP contribution in [0.1, 0.15) is 16.1 Å². The highest BCUT2D eigenvalue weighted by molar-refractivity contribution is 8.15. The van der Waals surface area contributed by atoms with Crippen LogP contribution in [-0.2, 0) is 14.6 Å². The van der Waals surface area contributed by atoms with Crippen LogP contribution in [0.3, 0.4) is 0 Å². The Balaban J connectivity index is 1.48. The largest absolute Gasteiger partial charge is 0.478 e. The van der Waals surface area contributed by atoms with Crippen molar-refractivity contribution >= 4 is 56.2 Å². The third-order valence-electron chi connectivity index (χ3n) is 5.21. The molecule has 0 unspecified atom stereocenters. The van der Waals surface area contributed by atoms with E-state index in [-0.39, 0.29) is 27.0 Å². The fourth-order valence-electron chi connectivity index (χ4n) is 3.56. The van der Waals surface area contributed by atoms with Crippen LogP contribution in [0.2, 0.25) is 0 Å². The molecule has 3 heterocycles. The van der Waals surface area contributed by atoms with Crippen molar-refractivity contribution < 1.29 is 27.5 Å². The van der Waals surface area contributed by atoms with Crippen LogP contribution in [0.15, 0.2) is 79.4 Å². The van der Waals surface area contributed by atoms with Gasteiger partial charge in [-0.1, -0.05) is 12.1 Å². The van der Waals surface area contributed by atoms with Gasteiger partial charge in [-0.05, 0) is 60.3 Å². The van der Waals surface area contributed by atoms with Gasteiger partial charge in [0.25, 0.3) is 5.91 Å². The summed E-state index contributed by atoms with van der Waals surface area (Å²) in [5, 5.41) is 18.1. The predicted molar refractivity (Wildman–Crippen MR) is 127 cm³/mol. The van der Waals surface area contributed by atoms with Gasteiger partial charge in [-0.15, -0.1) is 0 Å². The molecule has 1 amide bonds. The number of furan rings is 1. The molecule has 2 N–H and O–H groups in total. The highest BCUT2D eigenvalue weighted by Gasteiger charge is 2.38. The predicted octanol–water partition coefficient (Wildman–Crippen LogP) is 3.92. The van der Waals surface area contributed by atoms with Crippen molar-refractivity contribution in [3.05, 3.63) is 71.5 Å². The second-order valence-corrected chi connectivity index (χ2v) is 10.6. The highest BCUT2D eigenvalue weighted by atomic mass is 32.2. The number of nitrogens with zero attached hydrogens (tertiary/aromatic N) is 2. The van der Waals surface area contributed by atoms with Gasteiger partial charge in [-0.3, -0.25) is 15.1 Å². The fraction of sp³-hybridized carbons (Fsp3) is 0.0435. The van der Waals surface area contributed by atoms with Gasteiger partial charge in [-0.25, -0.2) is 13.2 Å². The van der Waals surface area contributed by atoms with Crippen molar-refractivity contribution in [3.63, 3.8) is 0 Å². The van der Waals surface area contributed by atoms with E-state index in [0.29, 0.717) is 27.7 Å². The number of carbonyl (C=O) groups is 2. The topological polar surface area (TPSA) is 141 Å². The number of rotatable bonds is 4. The van der Waals surface area contributed by atoms with Crippen LogP contribution < -0.4 is 4.90 Å². The maximum Gasteiger partial charge on any atom is 0.335 e. The molecule has 0 aliphatic carbocycles. The van der Waals surface area contributed by atoms with Gasteiger partial charge in [0.05, 0.1) is 21.7 Å². The van der Waals surface area contributed by atoms with Gasteiger partial charge >= 0.3 is 5.97 Å². The quantitative estimate of drug-likeness (QED) is 0.521. The minimum absolute atomic E-state index is 0.00424. The smallest absolute Gasteiger partial charge is 0.335 e. The van der Waals surface area contributed by atoms with E-state index in [1.807, 2.05) is 0 Å². The van der Waals surface area contributed by atoms with Crippen LogP contribution >= 0.6 is 11.8 Å². The zero-order valence-corrected chi connectivity index (χ0v) is 19.1. The van der Waals surface area contributed by atoms with E-state index in [2.05, 4.69) is 4.99 Å². The standard InChI is InChI=1S/C23H15N3O6S2/c1-34(30,31)15-6-7-17-19(11-15)33-23-25-21(27)16(20(24)26(17)23)10-14-5-8-18(32-14)12-3-2-4-13(9-12)22(28)29/h2-11,24H,1H3,(H,28,29). The van der Waals surface area contributed by atoms with Gasteiger partial charge in [0.15, 0.2) is 15.0 Å². The summed E-state index contributed by atoms with van der Waals surface area (Å²) < 4.78 is 29.5. The first kappa shape index (κ1) is 21.9. The maximum atomic E-state index is 12.7. The first-order valence-electron chi connectivity index (χ1n) is 9.81. The molecule has 1 aromatic heterocycles. The van der Waals surface area contributed by atoms with Crippen LogP contribution in [-0.4, -0.2) is 42.7 Å². The second-order valence-electron chi connectivity index (χ2n) is 7.53. The zero-order chi connectivity index (χ0) is 24.2. The van der Waals surface area contributed by atoms with E-state index in [4.69, 9.17) is 9.83 Å². The Kier molecular flexibility index (Phi) is 5.03. The summed E-state index contributed by atoms with van der Waals surface area (Å²) in [5.74, 6) is -1.09. The van der Waals surface area contributed by atoms with E-state index in [0.717, 1.165) is 18.0 Å². The maximum absolute atomic E-state index is 12.7. The fourth-order valence-corrected chi connectivity index (χ4v) is 5.34. The van der Waals surface area contributed by atoms with Crippen molar-refractivity contribution in [1.82, 2.24) is 0 Å². The number of hydrogen-bond donors (Lipinski definition) is 2. The lowest BCUT2D eigenvalue weighted by Crippen LogP contribution is -2.39. The number of sulfone groups is 1. The Morgan fingerprint density at radius 1 is 1.18 bits per heavy atom. The van der Waals surface area contributed by atoms with E-state index >= 15 is 0 Å². The van der Waals surface area contributed by atoms with Crippen molar-refractivity contribution in [2.45, 2.75) is 9.79 Å². The lowest BCUT2D eigenvalue weighted by molar-refractivity contribution is -0.113. The summed E-state index contributed by atoms with van der Waals surface area (Å²) in [7, 11) is -3.41. The van der Waals surface area contributed by atoms with Gasteiger partial charge < -0.3 is 9.52 Å². The first-order valence-corrected chi connectivity index (χ1v) is 12.5. The lowest BCUT2D eigenvalue weighted by Gasteiger charge is -2.24. The summed E-state index contributed by atoms with van der Waals surface area (Å²) in [4.78, 5) is 30.2. The molecule has 34 heavy (non-hydrogen) atoms. The van der Waals surface area contributed by atoms with E-state index in [9.17, 15) is 23.1 Å². The number of benzene rings is 2. The van der Waals surface area contributed by atoms with Crippen molar-refractivity contribution in [3.8, 4) is 11.3 Å². The number of carboxylic acids is 1. The first-order chi connectivity index (χ1) is 16.1. The third kappa shape index (κ3) is 3.74. The highest BCUT2D eigenvalue weighted by Crippen LogP contribution is 2.44. The molecule has 5 rings (SSSR count). The van der Waals surface area contributed by atoms with Gasteiger partial charge in [0, 0.05) is 16.7 Å². The number of carboxylic acid groups (broad SMARTS) is 1. The molecule has 2 aliphatic heterocycles. The number of carbonyl (C=O) groups excluding carboxylic acids is 1. The number of aliphatic imine (C=N–C) groups is 1. The van der Waals surface area contributed by atoms with Crippen molar-refractivity contribution in [1.29, 1.82) is 5.41 Å². The SMILES string of the molecule is CS(=O)(=O)c1ccc2c(c1)SC1=NC(=O)C(=Cc3ccc(-c4cccc(C(=O)O)c4)o3)C(=N)N12. The average molecular weight is 494 g/mol. The summed E-state index contributed by atoms with van der Waals surface area (Å²) >= 11 is 1.12. The van der Waals surface area contributed by atoms with Crippen LogP contribution in [0.5, 0.6) is 0 Å². The van der Waals surface area contributed by atoms with Gasteiger partial charge in [0.2, 0.25) is 0 Å². The molecule has 0 spiro atoms. The van der Waals surface area contributed by atoms with E-state index in [1.165, 1.54) is 35.2 Å². The number of hydrogen-bond acceptors (Lipinski definition) is 7. The number of thioether (sulfide) groups is 1. The summed E-state index contributed by atoms with van der Waals surface area (Å²) in [6, 6.07) is 14.1. The molecule has 0 saturated heterocycles. The molecule has 0 atom stereocenters. The summed E-state index contributed by atoms with van der Waals surface area (Å²) in [6.45, 7) is 0. The van der Waals surface area contributed by atoms with Crippen molar-refractivity contribution in [2.24, 2.45) is 4.99 Å². The molecular weight excluding hydrogens is 478 g/mol. The number of aromatic carboxylic acids is 1. The Morgan fingerprint density at radius 2 is 1.97 bits per heavy atom. The number of amides is 1. The number of amidine groups is 2. The lowest BCUT2D eigenvalue weighted by atomic mass is 10.1. The number of nitrogens with one attached hydrogen (secondary N) is 1. The van der Waals surface area contributed by atoms with E-state index in [1.54, 1.807) is 30.3 Å².